The van der Waals surface area contributed by atoms with Gasteiger partial charge in [0.15, 0.2) is 9.66 Å². The summed E-state index contributed by atoms with van der Waals surface area (Å²) in [4.78, 5) is 14.8. The van der Waals surface area contributed by atoms with Gasteiger partial charge in [0.1, 0.15) is 10.0 Å². The van der Waals surface area contributed by atoms with Crippen LogP contribution in [-0.2, 0) is 12.8 Å². The molecule has 42 heavy (non-hydrogen) atoms. The van der Waals surface area contributed by atoms with E-state index in [9.17, 15) is 0 Å². The average molecular weight is 643 g/mol. The third kappa shape index (κ3) is 11.8. The van der Waals surface area contributed by atoms with Crippen LogP contribution in [0, 0.1) is 0 Å². The van der Waals surface area contributed by atoms with Gasteiger partial charge in [-0.15, -0.1) is 22.7 Å². The first kappa shape index (κ1) is 33.8. The predicted molar refractivity (Wildman–Crippen MR) is 193 cm³/mol. The van der Waals surface area contributed by atoms with Crippen molar-refractivity contribution in [3.05, 3.63) is 34.0 Å². The Balaban J connectivity index is 1.13. The highest BCUT2D eigenvalue weighted by Gasteiger charge is 2.15. The van der Waals surface area contributed by atoms with Crippen molar-refractivity contribution in [3.63, 3.8) is 0 Å². The summed E-state index contributed by atoms with van der Waals surface area (Å²) in [6.07, 6.45) is 30.3. The van der Waals surface area contributed by atoms with Crippen LogP contribution in [0.4, 0.5) is 0 Å². The molecule has 0 spiro atoms. The molecule has 0 aliphatic heterocycles. The Labute approximate surface area is 272 Å². The monoisotopic (exact) mass is 642 g/mol. The van der Waals surface area contributed by atoms with Gasteiger partial charge in [-0.25, -0.2) is 9.97 Å². The summed E-state index contributed by atoms with van der Waals surface area (Å²) >= 11 is 7.23. The lowest BCUT2D eigenvalue weighted by molar-refractivity contribution is 0.556. The molecule has 0 atom stereocenters. The molecule has 4 rings (SSSR count). The molecular weight excluding hydrogens is 589 g/mol. The van der Waals surface area contributed by atoms with E-state index < -0.39 is 0 Å². The van der Waals surface area contributed by atoms with E-state index in [1.807, 2.05) is 22.7 Å². The number of thiazole rings is 2. The van der Waals surface area contributed by atoms with Crippen LogP contribution in [0.15, 0.2) is 22.9 Å². The van der Waals surface area contributed by atoms with E-state index in [-0.39, 0.29) is 0 Å². The van der Waals surface area contributed by atoms with E-state index in [0.717, 1.165) is 19.7 Å². The maximum atomic E-state index is 5.00. The van der Waals surface area contributed by atoms with Gasteiger partial charge < -0.3 is 0 Å². The number of fused-ring (bicyclic) bond motifs is 1. The fourth-order valence-electron chi connectivity index (χ4n) is 5.72. The van der Waals surface area contributed by atoms with Crippen LogP contribution in [0.25, 0.3) is 29.4 Å². The summed E-state index contributed by atoms with van der Waals surface area (Å²) in [6, 6.07) is 4.75. The lowest BCUT2D eigenvalue weighted by Gasteiger charge is -2.02. The fraction of sp³-hybridized carbons (Fsp3) is 0.667. The Hall–Kier alpha value is -1.08. The van der Waals surface area contributed by atoms with Gasteiger partial charge in [-0.05, 0) is 59.7 Å². The minimum Gasteiger partial charge on any atom is -0.222 e. The Morgan fingerprint density at radius 2 is 0.786 bits per heavy atom. The molecule has 6 heteroatoms. The van der Waals surface area contributed by atoms with Crippen LogP contribution in [0.3, 0.4) is 0 Å². The number of rotatable bonds is 24. The van der Waals surface area contributed by atoms with Gasteiger partial charge in [-0.1, -0.05) is 152 Å². The molecule has 0 radical (unpaired) electrons. The molecule has 0 saturated carbocycles. The SMILES string of the molecule is CCCCCCCCCCCCc1csc(-c2nc3sc(-c4cc(CCCCCCCCCCCC)cs4)nc3s2)c1. The van der Waals surface area contributed by atoms with Crippen molar-refractivity contribution < 1.29 is 0 Å². The van der Waals surface area contributed by atoms with E-state index in [2.05, 4.69) is 36.7 Å². The molecule has 0 bridgehead atoms. The van der Waals surface area contributed by atoms with Gasteiger partial charge in [0, 0.05) is 0 Å². The Kier molecular flexibility index (Phi) is 16.1. The van der Waals surface area contributed by atoms with Crippen molar-refractivity contribution in [2.24, 2.45) is 0 Å². The summed E-state index contributed by atoms with van der Waals surface area (Å²) < 4.78 is 0. The maximum absolute atomic E-state index is 5.00. The first-order valence-electron chi connectivity index (χ1n) is 17.2. The molecule has 0 aliphatic carbocycles. The number of hydrogen-bond acceptors (Lipinski definition) is 6. The zero-order valence-electron chi connectivity index (χ0n) is 26.4. The minimum atomic E-state index is 1.10. The van der Waals surface area contributed by atoms with Gasteiger partial charge in [0.25, 0.3) is 0 Å². The number of aryl methyl sites for hydroxylation is 2. The molecule has 0 N–H and O–H groups in total. The smallest absolute Gasteiger partial charge is 0.155 e. The van der Waals surface area contributed by atoms with Crippen molar-refractivity contribution in [3.8, 4) is 19.8 Å². The Bertz CT molecular complexity index is 1120. The molecule has 2 nitrogen and oxygen atoms in total. The zero-order chi connectivity index (χ0) is 29.2. The molecule has 0 unspecified atom stereocenters. The third-order valence-corrected chi connectivity index (χ3v) is 12.7. The molecule has 4 aromatic heterocycles. The lowest BCUT2D eigenvalue weighted by Crippen LogP contribution is -1.84. The van der Waals surface area contributed by atoms with Gasteiger partial charge in [0.2, 0.25) is 0 Å². The Morgan fingerprint density at radius 3 is 1.14 bits per heavy atom. The Morgan fingerprint density at radius 1 is 0.452 bits per heavy atom. The second-order valence-corrected chi connectivity index (χ2v) is 15.9. The average Bonchev–Trinajstić information content (AvgIpc) is 3.79. The first-order valence-corrected chi connectivity index (χ1v) is 20.6. The van der Waals surface area contributed by atoms with Crippen molar-refractivity contribution in [2.45, 2.75) is 155 Å². The summed E-state index contributed by atoms with van der Waals surface area (Å²) in [5.41, 5.74) is 2.96. The summed E-state index contributed by atoms with van der Waals surface area (Å²) in [7, 11) is 0. The van der Waals surface area contributed by atoms with Crippen molar-refractivity contribution >= 4 is 55.0 Å². The maximum Gasteiger partial charge on any atom is 0.155 e. The number of nitrogens with zero attached hydrogens (tertiary/aromatic N) is 2. The molecule has 4 aromatic rings. The fourth-order valence-corrected chi connectivity index (χ4v) is 9.79. The van der Waals surface area contributed by atoms with E-state index in [1.165, 1.54) is 162 Å². The topological polar surface area (TPSA) is 25.8 Å². The second-order valence-electron chi connectivity index (χ2n) is 12.2. The van der Waals surface area contributed by atoms with E-state index >= 15 is 0 Å². The molecule has 0 aromatic carbocycles. The highest BCUT2D eigenvalue weighted by molar-refractivity contribution is 7.31. The van der Waals surface area contributed by atoms with Crippen LogP contribution in [0.1, 0.15) is 153 Å². The highest BCUT2D eigenvalue weighted by atomic mass is 32.1. The highest BCUT2D eigenvalue weighted by Crippen LogP contribution is 2.40. The van der Waals surface area contributed by atoms with Crippen LogP contribution in [0.2, 0.25) is 0 Å². The molecule has 4 heterocycles. The molecule has 232 valence electrons. The molecule has 0 fully saturated rings. The molecular formula is C36H54N2S4. The number of aromatic nitrogens is 2. The molecule has 0 amide bonds. The van der Waals surface area contributed by atoms with E-state index in [1.54, 1.807) is 22.7 Å². The van der Waals surface area contributed by atoms with Gasteiger partial charge >= 0.3 is 0 Å². The van der Waals surface area contributed by atoms with Gasteiger partial charge in [-0.2, -0.15) is 0 Å². The largest absolute Gasteiger partial charge is 0.222 e. The number of thiophene rings is 2. The van der Waals surface area contributed by atoms with Crippen LogP contribution in [0.5, 0.6) is 0 Å². The van der Waals surface area contributed by atoms with Crippen LogP contribution >= 0.6 is 45.3 Å². The van der Waals surface area contributed by atoms with Crippen molar-refractivity contribution in [2.75, 3.05) is 0 Å². The lowest BCUT2D eigenvalue weighted by atomic mass is 10.0. The van der Waals surface area contributed by atoms with Crippen LogP contribution < -0.4 is 0 Å². The predicted octanol–water partition coefficient (Wildman–Crippen LogP) is 14.1. The standard InChI is InChI=1S/C36H54N2S4/c1-3-5-7-9-11-13-15-17-19-21-23-29-25-31(39-27-29)33-37-35-36(41-33)38-34(42-35)32-26-30(28-40-32)24-22-20-18-16-14-12-10-8-6-4-2/h25-28H,3-24H2,1-2H3. The minimum absolute atomic E-state index is 1.10. The van der Waals surface area contributed by atoms with Gasteiger partial charge in [-0.3, -0.25) is 0 Å². The normalized spacial score (nSPS) is 11.8. The van der Waals surface area contributed by atoms with E-state index in [4.69, 9.17) is 9.97 Å². The zero-order valence-corrected chi connectivity index (χ0v) is 29.7. The van der Waals surface area contributed by atoms with Crippen molar-refractivity contribution in [1.82, 2.24) is 9.97 Å². The summed E-state index contributed by atoms with van der Waals surface area (Å²) in [5, 5.41) is 6.98. The van der Waals surface area contributed by atoms with Crippen molar-refractivity contribution in [1.29, 1.82) is 0 Å². The van der Waals surface area contributed by atoms with Crippen LogP contribution in [-0.4, -0.2) is 9.97 Å². The number of unbranched alkanes of at least 4 members (excludes halogenated alkanes) is 18. The summed E-state index contributed by atoms with van der Waals surface area (Å²) in [6.45, 7) is 4.59. The first-order chi connectivity index (χ1) is 20.8. The third-order valence-electron chi connectivity index (χ3n) is 8.34. The quantitative estimate of drug-likeness (QED) is 0.0711. The van der Waals surface area contributed by atoms with E-state index in [0.29, 0.717) is 0 Å². The molecule has 0 saturated heterocycles. The second kappa shape index (κ2) is 20.0. The summed E-state index contributed by atoms with van der Waals surface area (Å²) in [5.74, 6) is 0. The van der Waals surface area contributed by atoms with Gasteiger partial charge in [0.05, 0.1) is 9.75 Å². The number of hydrogen-bond donors (Lipinski definition) is 0. The molecule has 0 aliphatic rings.